The van der Waals surface area contributed by atoms with Crippen LogP contribution in [-0.4, -0.2) is 36.2 Å². The van der Waals surface area contributed by atoms with Gasteiger partial charge in [-0.3, -0.25) is 14.4 Å². The van der Waals surface area contributed by atoms with E-state index in [1.807, 2.05) is 18.2 Å². The molecule has 3 aromatic carbocycles. The van der Waals surface area contributed by atoms with Crippen LogP contribution in [0.1, 0.15) is 20.7 Å². The number of primary amides is 1. The van der Waals surface area contributed by atoms with Crippen molar-refractivity contribution in [3.63, 3.8) is 0 Å². The maximum Gasteiger partial charge on any atom is 0.254 e. The summed E-state index contributed by atoms with van der Waals surface area (Å²) in [4.78, 5) is 37.1. The van der Waals surface area contributed by atoms with Gasteiger partial charge in [-0.25, -0.2) is 0 Å². The summed E-state index contributed by atoms with van der Waals surface area (Å²) in [5.74, 6) is -0.00500. The molecule has 30 heavy (non-hydrogen) atoms. The Morgan fingerprint density at radius 1 is 0.833 bits per heavy atom. The standard InChI is InChI=1S/C23H21N3O4/c1-26(15-21(27)25-18-5-3-2-4-6-18)23(29)17-9-13-20(14-10-17)30-19-11-7-16(8-12-19)22(24)28/h2-14H,15H2,1H3,(H2,24,28)(H,25,27). The molecule has 0 fully saturated rings. The van der Waals surface area contributed by atoms with Crippen molar-refractivity contribution in [3.05, 3.63) is 90.0 Å². The highest BCUT2D eigenvalue weighted by Crippen LogP contribution is 2.22. The summed E-state index contributed by atoms with van der Waals surface area (Å²) >= 11 is 0. The van der Waals surface area contributed by atoms with Crippen LogP contribution in [0.15, 0.2) is 78.9 Å². The molecule has 0 aliphatic rings. The van der Waals surface area contributed by atoms with Crippen molar-refractivity contribution in [3.8, 4) is 11.5 Å². The zero-order valence-electron chi connectivity index (χ0n) is 16.4. The van der Waals surface area contributed by atoms with Crippen molar-refractivity contribution in [1.82, 2.24) is 4.90 Å². The quantitative estimate of drug-likeness (QED) is 0.632. The first-order valence-electron chi connectivity index (χ1n) is 9.20. The fourth-order valence-electron chi connectivity index (χ4n) is 2.72. The molecule has 0 atom stereocenters. The number of ether oxygens (including phenoxy) is 1. The molecule has 0 aliphatic heterocycles. The molecular weight excluding hydrogens is 382 g/mol. The third kappa shape index (κ3) is 5.45. The molecule has 7 nitrogen and oxygen atoms in total. The Hall–Kier alpha value is -4.13. The van der Waals surface area contributed by atoms with Crippen LogP contribution < -0.4 is 15.8 Å². The topological polar surface area (TPSA) is 102 Å². The highest BCUT2D eigenvalue weighted by Gasteiger charge is 2.15. The molecule has 0 aliphatic carbocycles. The molecular formula is C23H21N3O4. The lowest BCUT2D eigenvalue weighted by Gasteiger charge is -2.17. The molecule has 3 amide bonds. The summed E-state index contributed by atoms with van der Waals surface area (Å²) < 4.78 is 5.70. The van der Waals surface area contributed by atoms with Crippen molar-refractivity contribution in [2.75, 3.05) is 18.9 Å². The first-order chi connectivity index (χ1) is 14.4. The maximum atomic E-state index is 12.6. The normalized spacial score (nSPS) is 10.2. The summed E-state index contributed by atoms with van der Waals surface area (Å²) in [7, 11) is 1.57. The molecule has 3 aromatic rings. The van der Waals surface area contributed by atoms with Gasteiger partial charge in [0, 0.05) is 23.9 Å². The Balaban J connectivity index is 1.57. The minimum absolute atomic E-state index is 0.0712. The molecule has 3 rings (SSSR count). The third-order valence-electron chi connectivity index (χ3n) is 4.26. The largest absolute Gasteiger partial charge is 0.457 e. The average Bonchev–Trinajstić information content (AvgIpc) is 2.74. The Kier molecular flexibility index (Phi) is 6.44. The van der Waals surface area contributed by atoms with Crippen LogP contribution in [0.2, 0.25) is 0 Å². The molecule has 152 valence electrons. The molecule has 0 radical (unpaired) electrons. The molecule has 0 unspecified atom stereocenters. The highest BCUT2D eigenvalue weighted by molar-refractivity contribution is 5.99. The first kappa shape index (κ1) is 20.6. The van der Waals surface area contributed by atoms with Crippen molar-refractivity contribution in [2.24, 2.45) is 5.73 Å². The number of para-hydroxylation sites is 1. The second kappa shape index (κ2) is 9.38. The summed E-state index contributed by atoms with van der Waals surface area (Å²) in [6.07, 6.45) is 0. The summed E-state index contributed by atoms with van der Waals surface area (Å²) in [5, 5.41) is 2.74. The lowest BCUT2D eigenvalue weighted by molar-refractivity contribution is -0.116. The number of nitrogens with zero attached hydrogens (tertiary/aromatic N) is 1. The van der Waals surface area contributed by atoms with Crippen molar-refractivity contribution in [1.29, 1.82) is 0 Å². The number of anilines is 1. The van der Waals surface area contributed by atoms with Gasteiger partial charge in [-0.2, -0.15) is 0 Å². The second-order valence-corrected chi connectivity index (χ2v) is 6.59. The summed E-state index contributed by atoms with van der Waals surface area (Å²) in [6, 6.07) is 22.0. The van der Waals surface area contributed by atoms with Gasteiger partial charge in [-0.1, -0.05) is 18.2 Å². The number of nitrogens with two attached hydrogens (primary N) is 1. The van der Waals surface area contributed by atoms with Crippen molar-refractivity contribution < 1.29 is 19.1 Å². The Morgan fingerprint density at radius 3 is 1.90 bits per heavy atom. The molecule has 0 heterocycles. The minimum atomic E-state index is -0.508. The smallest absolute Gasteiger partial charge is 0.254 e. The first-order valence-corrected chi connectivity index (χ1v) is 9.20. The zero-order valence-corrected chi connectivity index (χ0v) is 16.4. The number of carbonyl (C=O) groups excluding carboxylic acids is 3. The molecule has 3 N–H and O–H groups in total. The van der Waals surface area contributed by atoms with E-state index >= 15 is 0 Å². The van der Waals surface area contributed by atoms with Gasteiger partial charge >= 0.3 is 0 Å². The van der Waals surface area contributed by atoms with Gasteiger partial charge in [-0.15, -0.1) is 0 Å². The maximum absolute atomic E-state index is 12.6. The Morgan fingerprint density at radius 2 is 1.37 bits per heavy atom. The van der Waals surface area contributed by atoms with Crippen LogP contribution >= 0.6 is 0 Å². The predicted molar refractivity (Wildman–Crippen MR) is 114 cm³/mol. The van der Waals surface area contributed by atoms with Crippen LogP contribution in [0.4, 0.5) is 5.69 Å². The van der Waals surface area contributed by atoms with Gasteiger partial charge in [0.15, 0.2) is 0 Å². The minimum Gasteiger partial charge on any atom is -0.457 e. The van der Waals surface area contributed by atoms with E-state index in [1.54, 1.807) is 67.7 Å². The second-order valence-electron chi connectivity index (χ2n) is 6.59. The van der Waals surface area contributed by atoms with E-state index in [1.165, 1.54) is 4.90 Å². The number of likely N-dealkylation sites (N-methyl/N-ethyl adjacent to an activating group) is 1. The number of rotatable bonds is 7. The predicted octanol–water partition coefficient (Wildman–Crippen LogP) is 3.29. The molecule has 0 saturated heterocycles. The molecule has 7 heteroatoms. The molecule has 0 bridgehead atoms. The number of benzene rings is 3. The highest BCUT2D eigenvalue weighted by atomic mass is 16.5. The Bertz CT molecular complexity index is 1030. The molecule has 0 spiro atoms. The van der Waals surface area contributed by atoms with E-state index in [2.05, 4.69) is 5.32 Å². The van der Waals surface area contributed by atoms with Crippen LogP contribution in [0, 0.1) is 0 Å². The van der Waals surface area contributed by atoms with Crippen LogP contribution in [0.5, 0.6) is 11.5 Å². The number of carbonyl (C=O) groups is 3. The van der Waals surface area contributed by atoms with Crippen molar-refractivity contribution in [2.45, 2.75) is 0 Å². The number of hydrogen-bond donors (Lipinski definition) is 2. The van der Waals surface area contributed by atoms with E-state index in [0.717, 1.165) is 0 Å². The zero-order chi connectivity index (χ0) is 21.5. The van der Waals surface area contributed by atoms with Gasteiger partial charge in [0.2, 0.25) is 11.8 Å². The van der Waals surface area contributed by atoms with E-state index in [4.69, 9.17) is 10.5 Å². The van der Waals surface area contributed by atoms with E-state index in [0.29, 0.717) is 28.3 Å². The van der Waals surface area contributed by atoms with E-state index < -0.39 is 5.91 Å². The fourth-order valence-corrected chi connectivity index (χ4v) is 2.72. The van der Waals surface area contributed by atoms with Crippen LogP contribution in [0.3, 0.4) is 0 Å². The van der Waals surface area contributed by atoms with Gasteiger partial charge < -0.3 is 20.7 Å². The molecule has 0 saturated carbocycles. The van der Waals surface area contributed by atoms with Crippen LogP contribution in [-0.2, 0) is 4.79 Å². The fraction of sp³-hybridized carbons (Fsp3) is 0.0870. The van der Waals surface area contributed by atoms with Gasteiger partial charge in [0.1, 0.15) is 11.5 Å². The van der Waals surface area contributed by atoms with Gasteiger partial charge in [0.25, 0.3) is 5.91 Å². The lowest BCUT2D eigenvalue weighted by atomic mass is 10.2. The van der Waals surface area contributed by atoms with E-state index in [-0.39, 0.29) is 18.4 Å². The van der Waals surface area contributed by atoms with Crippen molar-refractivity contribution >= 4 is 23.4 Å². The SMILES string of the molecule is CN(CC(=O)Nc1ccccc1)C(=O)c1ccc(Oc2ccc(C(N)=O)cc2)cc1. The number of hydrogen-bond acceptors (Lipinski definition) is 4. The van der Waals surface area contributed by atoms with Crippen LogP contribution in [0.25, 0.3) is 0 Å². The number of nitrogens with one attached hydrogen (secondary N) is 1. The third-order valence-corrected chi connectivity index (χ3v) is 4.26. The Labute approximate surface area is 174 Å². The monoisotopic (exact) mass is 403 g/mol. The summed E-state index contributed by atoms with van der Waals surface area (Å²) in [6.45, 7) is -0.0712. The average molecular weight is 403 g/mol. The number of amides is 3. The molecule has 0 aromatic heterocycles. The summed E-state index contributed by atoms with van der Waals surface area (Å²) in [5.41, 5.74) is 6.71. The van der Waals surface area contributed by atoms with Gasteiger partial charge in [-0.05, 0) is 60.7 Å². The van der Waals surface area contributed by atoms with Gasteiger partial charge in [0.05, 0.1) is 6.54 Å². The lowest BCUT2D eigenvalue weighted by Crippen LogP contribution is -2.34. The van der Waals surface area contributed by atoms with E-state index in [9.17, 15) is 14.4 Å².